The molecule has 2 aliphatic rings. The minimum atomic E-state index is -5.08. The number of halogens is 6. The Morgan fingerprint density at radius 3 is 2.16 bits per heavy atom. The molecule has 38 heavy (non-hydrogen) atoms. The highest BCUT2D eigenvalue weighted by Crippen LogP contribution is 2.41. The lowest BCUT2D eigenvalue weighted by Crippen LogP contribution is -2.52. The Bertz CT molecular complexity index is 1000. The number of fused-ring (bicyclic) bond motifs is 1. The van der Waals surface area contributed by atoms with Gasteiger partial charge in [-0.25, -0.2) is 14.6 Å². The van der Waals surface area contributed by atoms with Gasteiger partial charge in [0, 0.05) is 56.3 Å². The molecule has 0 unspecified atom stereocenters. The van der Waals surface area contributed by atoms with Crippen LogP contribution in [0.5, 0.6) is 5.88 Å². The van der Waals surface area contributed by atoms with Gasteiger partial charge in [-0.3, -0.25) is 9.88 Å². The van der Waals surface area contributed by atoms with Gasteiger partial charge < -0.3 is 19.7 Å². The van der Waals surface area contributed by atoms with Crippen LogP contribution < -0.4 is 4.74 Å². The van der Waals surface area contributed by atoms with Gasteiger partial charge in [-0.2, -0.15) is 26.3 Å². The zero-order valence-electron chi connectivity index (χ0n) is 19.8. The highest BCUT2D eigenvalue weighted by Gasteiger charge is 2.48. The van der Waals surface area contributed by atoms with Crippen molar-refractivity contribution in [3.05, 3.63) is 54.5 Å². The van der Waals surface area contributed by atoms with E-state index in [4.69, 9.17) is 29.3 Å². The van der Waals surface area contributed by atoms with Gasteiger partial charge in [0.15, 0.2) is 0 Å². The first kappa shape index (κ1) is 30.8. The van der Waals surface area contributed by atoms with Crippen molar-refractivity contribution >= 4 is 11.9 Å². The fraction of sp³-hybridized carbons (Fsp3) is 0.478. The number of carbonyl (C=O) groups is 2. The quantitative estimate of drug-likeness (QED) is 0.533. The summed E-state index contributed by atoms with van der Waals surface area (Å²) in [6.07, 6.45) is -2.25. The summed E-state index contributed by atoms with van der Waals surface area (Å²) in [5, 5.41) is 14.2. The van der Waals surface area contributed by atoms with Crippen molar-refractivity contribution in [2.24, 2.45) is 5.41 Å². The topological polar surface area (TPSA) is 122 Å². The third-order valence-electron chi connectivity index (χ3n) is 5.63. The largest absolute Gasteiger partial charge is 0.490 e. The molecule has 2 saturated heterocycles. The van der Waals surface area contributed by atoms with Crippen LogP contribution in [0.4, 0.5) is 26.3 Å². The first-order valence-corrected chi connectivity index (χ1v) is 11.1. The zero-order valence-corrected chi connectivity index (χ0v) is 19.8. The van der Waals surface area contributed by atoms with E-state index in [1.54, 1.807) is 6.20 Å². The van der Waals surface area contributed by atoms with Gasteiger partial charge in [0.25, 0.3) is 0 Å². The van der Waals surface area contributed by atoms with Crippen molar-refractivity contribution in [2.75, 3.05) is 26.3 Å². The summed E-state index contributed by atoms with van der Waals surface area (Å²) in [6.45, 7) is 4.53. The van der Waals surface area contributed by atoms with Crippen molar-refractivity contribution in [2.45, 2.75) is 37.8 Å². The second-order valence-electron chi connectivity index (χ2n) is 8.39. The van der Waals surface area contributed by atoms with E-state index in [1.165, 1.54) is 5.56 Å². The van der Waals surface area contributed by atoms with Crippen LogP contribution in [-0.4, -0.2) is 81.8 Å². The fourth-order valence-electron chi connectivity index (χ4n) is 3.88. The van der Waals surface area contributed by atoms with Gasteiger partial charge in [-0.15, -0.1) is 0 Å². The maximum atomic E-state index is 10.6. The molecule has 4 rings (SSSR count). The number of pyridine rings is 2. The molecular formula is C23H25F6N3O6. The molecule has 2 N–H and O–H groups in total. The molecule has 2 aromatic heterocycles. The number of carboxylic acid groups (broad SMARTS) is 2. The second-order valence-corrected chi connectivity index (χ2v) is 8.39. The van der Waals surface area contributed by atoms with E-state index in [0.29, 0.717) is 18.6 Å². The summed E-state index contributed by atoms with van der Waals surface area (Å²) in [5.74, 6) is -4.82. The molecule has 4 heterocycles. The molecule has 2 fully saturated rings. The van der Waals surface area contributed by atoms with Crippen molar-refractivity contribution in [1.29, 1.82) is 0 Å². The summed E-state index contributed by atoms with van der Waals surface area (Å²) in [4.78, 5) is 28.7. The van der Waals surface area contributed by atoms with Crippen LogP contribution in [0.3, 0.4) is 0 Å². The molecule has 15 heteroatoms. The zero-order chi connectivity index (χ0) is 28.4. The third-order valence-corrected chi connectivity index (χ3v) is 5.63. The minimum Gasteiger partial charge on any atom is -0.477 e. The number of alkyl halides is 6. The summed E-state index contributed by atoms with van der Waals surface area (Å²) in [5.41, 5.74) is 1.38. The number of carboxylic acids is 2. The minimum absolute atomic E-state index is 0.0722. The van der Waals surface area contributed by atoms with Crippen molar-refractivity contribution < 1.29 is 55.6 Å². The number of hydrogen-bond donors (Lipinski definition) is 2. The Kier molecular flexibility index (Phi) is 10.8. The van der Waals surface area contributed by atoms with Gasteiger partial charge in [0.1, 0.15) is 0 Å². The molecule has 0 amide bonds. The SMILES string of the molecule is O=C(O)C(F)(F)F.O=C(O)C(F)(F)F.c1ccc(OC[C@@]23CCO[C@@H]2CCN(Cc2ccncc2)C3)nc1. The lowest BCUT2D eigenvalue weighted by atomic mass is 9.77. The van der Waals surface area contributed by atoms with Gasteiger partial charge in [0.2, 0.25) is 5.88 Å². The standard InChI is InChI=1S/C19H23N3O2.2C2HF3O2/c1-2-8-21-18(3-1)24-15-19-7-12-23-17(19)6-11-22(14-19)13-16-4-9-20-10-5-16;2*3-2(4,5)1(6)7/h1-5,8-10,17H,6-7,11-15H2;2*(H,6,7)/t17-,19+;;/m1../s1. The maximum Gasteiger partial charge on any atom is 0.490 e. The number of hydrogen-bond acceptors (Lipinski definition) is 7. The lowest BCUT2D eigenvalue weighted by Gasteiger charge is -2.43. The van der Waals surface area contributed by atoms with Crippen LogP contribution >= 0.6 is 0 Å². The average Bonchev–Trinajstić information content (AvgIpc) is 3.27. The highest BCUT2D eigenvalue weighted by atomic mass is 19.4. The number of rotatable bonds is 5. The third kappa shape index (κ3) is 9.78. The Morgan fingerprint density at radius 1 is 1.03 bits per heavy atom. The van der Waals surface area contributed by atoms with E-state index in [0.717, 1.165) is 39.1 Å². The van der Waals surface area contributed by atoms with Crippen molar-refractivity contribution in [1.82, 2.24) is 14.9 Å². The summed E-state index contributed by atoms with van der Waals surface area (Å²) in [7, 11) is 0. The molecule has 0 radical (unpaired) electrons. The average molecular weight is 553 g/mol. The summed E-state index contributed by atoms with van der Waals surface area (Å²) in [6, 6.07) is 9.96. The van der Waals surface area contributed by atoms with Crippen LogP contribution in [-0.2, 0) is 20.9 Å². The summed E-state index contributed by atoms with van der Waals surface area (Å²) < 4.78 is 75.5. The number of aromatic nitrogens is 2. The van der Waals surface area contributed by atoms with E-state index in [1.807, 2.05) is 30.6 Å². The predicted molar refractivity (Wildman–Crippen MR) is 118 cm³/mol. The van der Waals surface area contributed by atoms with Gasteiger partial charge in [0.05, 0.1) is 12.7 Å². The Balaban J connectivity index is 0.000000301. The number of nitrogens with zero attached hydrogens (tertiary/aromatic N) is 3. The van der Waals surface area contributed by atoms with Gasteiger partial charge in [-0.05, 0) is 36.6 Å². The molecule has 0 bridgehead atoms. The molecule has 210 valence electrons. The predicted octanol–water partition coefficient (Wildman–Crippen LogP) is 3.80. The number of piperidine rings is 1. The van der Waals surface area contributed by atoms with Crippen molar-refractivity contribution in [3.63, 3.8) is 0 Å². The van der Waals surface area contributed by atoms with Crippen LogP contribution in [0, 0.1) is 5.41 Å². The molecule has 2 aromatic rings. The molecule has 2 aliphatic heterocycles. The number of aliphatic carboxylic acids is 2. The smallest absolute Gasteiger partial charge is 0.477 e. The van der Waals surface area contributed by atoms with Gasteiger partial charge >= 0.3 is 24.3 Å². The van der Waals surface area contributed by atoms with E-state index < -0.39 is 24.3 Å². The molecule has 0 spiro atoms. The molecule has 2 atom stereocenters. The fourth-order valence-corrected chi connectivity index (χ4v) is 3.88. The monoisotopic (exact) mass is 553 g/mol. The Labute approximate surface area is 213 Å². The van der Waals surface area contributed by atoms with Crippen LogP contribution in [0.2, 0.25) is 0 Å². The maximum absolute atomic E-state index is 10.6. The molecule has 9 nitrogen and oxygen atoms in total. The molecule has 0 aliphatic carbocycles. The number of ether oxygens (including phenoxy) is 2. The summed E-state index contributed by atoms with van der Waals surface area (Å²) >= 11 is 0. The van der Waals surface area contributed by atoms with Crippen molar-refractivity contribution in [3.8, 4) is 5.88 Å². The van der Waals surface area contributed by atoms with Crippen LogP contribution in [0.25, 0.3) is 0 Å². The second kappa shape index (κ2) is 13.4. The first-order chi connectivity index (χ1) is 17.7. The van der Waals surface area contributed by atoms with Crippen LogP contribution in [0.15, 0.2) is 48.9 Å². The first-order valence-electron chi connectivity index (χ1n) is 11.1. The van der Waals surface area contributed by atoms with Gasteiger partial charge in [-0.1, -0.05) is 6.07 Å². The molecular weight excluding hydrogens is 528 g/mol. The molecule has 0 aromatic carbocycles. The Hall–Kier alpha value is -3.46. The normalized spacial score (nSPS) is 21.2. The highest BCUT2D eigenvalue weighted by molar-refractivity contribution is 5.73. The van der Waals surface area contributed by atoms with E-state index in [9.17, 15) is 26.3 Å². The van der Waals surface area contributed by atoms with E-state index >= 15 is 0 Å². The Morgan fingerprint density at radius 2 is 1.63 bits per heavy atom. The molecule has 0 saturated carbocycles. The number of likely N-dealkylation sites (tertiary alicyclic amines) is 1. The van der Waals surface area contributed by atoms with E-state index in [-0.39, 0.29) is 5.41 Å². The van der Waals surface area contributed by atoms with E-state index in [2.05, 4.69) is 27.0 Å². The van der Waals surface area contributed by atoms with Crippen LogP contribution in [0.1, 0.15) is 18.4 Å². The lowest BCUT2D eigenvalue weighted by molar-refractivity contribution is -0.193.